The second-order valence-corrected chi connectivity index (χ2v) is 5.32. The molecule has 0 aliphatic heterocycles. The van der Waals surface area contributed by atoms with Gasteiger partial charge in [-0.1, -0.05) is 38.1 Å². The molecule has 2 aromatic rings. The molecule has 0 aromatic heterocycles. The first-order valence-corrected chi connectivity index (χ1v) is 6.83. The molecule has 0 aliphatic carbocycles. The molecular weight excluding hydrogens is 253 g/mol. The highest BCUT2D eigenvalue weighted by Crippen LogP contribution is 2.22. The van der Waals surface area contributed by atoms with Crippen molar-refractivity contribution in [3.63, 3.8) is 0 Å². The summed E-state index contributed by atoms with van der Waals surface area (Å²) in [6, 6.07) is 13.9. The number of hydrogen-bond acceptors (Lipinski definition) is 2. The molecule has 0 heterocycles. The van der Waals surface area contributed by atoms with E-state index in [2.05, 4.69) is 19.2 Å². The summed E-state index contributed by atoms with van der Waals surface area (Å²) in [7, 11) is 0. The summed E-state index contributed by atoms with van der Waals surface area (Å²) >= 11 is 0. The Morgan fingerprint density at radius 3 is 2.15 bits per heavy atom. The van der Waals surface area contributed by atoms with E-state index in [0.717, 1.165) is 11.1 Å². The molecule has 2 aromatic carbocycles. The second-order valence-electron chi connectivity index (χ2n) is 5.32. The Labute approximate surface area is 119 Å². The molecule has 0 bridgehead atoms. The smallest absolute Gasteiger partial charge is 0.123 e. The molecule has 20 heavy (non-hydrogen) atoms. The van der Waals surface area contributed by atoms with Gasteiger partial charge in [-0.05, 0) is 41.3 Å². The molecule has 106 valence electrons. The number of aromatic hydroxyl groups is 1. The minimum Gasteiger partial charge on any atom is -0.508 e. The van der Waals surface area contributed by atoms with Crippen LogP contribution in [0.4, 0.5) is 4.39 Å². The average molecular weight is 273 g/mol. The van der Waals surface area contributed by atoms with E-state index in [0.29, 0.717) is 12.5 Å². The molecule has 2 rings (SSSR count). The third-order valence-electron chi connectivity index (χ3n) is 3.36. The molecule has 1 unspecified atom stereocenters. The minimum atomic E-state index is -0.213. The fourth-order valence-electron chi connectivity index (χ4n) is 2.25. The molecule has 0 spiro atoms. The van der Waals surface area contributed by atoms with Gasteiger partial charge < -0.3 is 10.4 Å². The number of benzene rings is 2. The Morgan fingerprint density at radius 1 is 1.00 bits per heavy atom. The van der Waals surface area contributed by atoms with Gasteiger partial charge in [0.1, 0.15) is 11.6 Å². The van der Waals surface area contributed by atoms with Gasteiger partial charge in [-0.25, -0.2) is 4.39 Å². The molecule has 3 heteroatoms. The van der Waals surface area contributed by atoms with Crippen LogP contribution in [-0.2, 0) is 6.54 Å². The molecule has 2 nitrogen and oxygen atoms in total. The van der Waals surface area contributed by atoms with Gasteiger partial charge in [0.15, 0.2) is 0 Å². The van der Waals surface area contributed by atoms with Gasteiger partial charge in [0.05, 0.1) is 0 Å². The van der Waals surface area contributed by atoms with E-state index in [-0.39, 0.29) is 17.6 Å². The number of phenolic OH excluding ortho intramolecular Hbond substituents is 1. The topological polar surface area (TPSA) is 32.3 Å². The molecule has 1 atom stereocenters. The van der Waals surface area contributed by atoms with E-state index in [9.17, 15) is 9.50 Å². The van der Waals surface area contributed by atoms with Crippen molar-refractivity contribution in [1.29, 1.82) is 0 Å². The van der Waals surface area contributed by atoms with E-state index < -0.39 is 0 Å². The lowest BCUT2D eigenvalue weighted by Crippen LogP contribution is -2.25. The van der Waals surface area contributed by atoms with Gasteiger partial charge in [0.25, 0.3) is 0 Å². The zero-order chi connectivity index (χ0) is 14.5. The second kappa shape index (κ2) is 6.53. The minimum absolute atomic E-state index is 0.171. The van der Waals surface area contributed by atoms with Crippen LogP contribution in [0.25, 0.3) is 0 Å². The summed E-state index contributed by atoms with van der Waals surface area (Å²) in [6.07, 6.45) is 0. The number of halogens is 1. The van der Waals surface area contributed by atoms with Gasteiger partial charge in [-0.3, -0.25) is 0 Å². The van der Waals surface area contributed by atoms with Crippen molar-refractivity contribution in [2.24, 2.45) is 5.92 Å². The summed E-state index contributed by atoms with van der Waals surface area (Å²) in [6.45, 7) is 4.98. The molecule has 0 fully saturated rings. The van der Waals surface area contributed by atoms with Crippen LogP contribution < -0.4 is 5.32 Å². The summed E-state index contributed by atoms with van der Waals surface area (Å²) < 4.78 is 13.0. The fraction of sp³-hybridized carbons (Fsp3) is 0.294. The predicted octanol–water partition coefficient (Wildman–Crippen LogP) is 4.02. The Hall–Kier alpha value is -1.87. The van der Waals surface area contributed by atoms with Crippen molar-refractivity contribution < 1.29 is 9.50 Å². The zero-order valence-corrected chi connectivity index (χ0v) is 11.8. The Balaban J connectivity index is 2.06. The molecular formula is C17H20FNO. The first kappa shape index (κ1) is 14.5. The zero-order valence-electron chi connectivity index (χ0n) is 11.8. The summed E-state index contributed by atoms with van der Waals surface area (Å²) in [5.74, 6) is 0.458. The largest absolute Gasteiger partial charge is 0.508 e. The number of rotatable bonds is 5. The van der Waals surface area contributed by atoms with Crippen LogP contribution >= 0.6 is 0 Å². The molecule has 0 amide bonds. The number of nitrogens with one attached hydrogen (secondary N) is 1. The van der Waals surface area contributed by atoms with Crippen LogP contribution in [0.1, 0.15) is 31.0 Å². The quantitative estimate of drug-likeness (QED) is 0.862. The molecule has 0 radical (unpaired) electrons. The van der Waals surface area contributed by atoms with Crippen LogP contribution in [0.3, 0.4) is 0 Å². The van der Waals surface area contributed by atoms with Gasteiger partial charge >= 0.3 is 0 Å². The van der Waals surface area contributed by atoms with E-state index in [1.807, 2.05) is 24.3 Å². The highest BCUT2D eigenvalue weighted by atomic mass is 19.1. The molecule has 0 saturated carbocycles. The molecule has 0 aliphatic rings. The van der Waals surface area contributed by atoms with Crippen LogP contribution in [0.2, 0.25) is 0 Å². The lowest BCUT2D eigenvalue weighted by molar-refractivity contribution is 0.410. The van der Waals surface area contributed by atoms with Crippen LogP contribution in [0.15, 0.2) is 48.5 Å². The average Bonchev–Trinajstić information content (AvgIpc) is 2.43. The van der Waals surface area contributed by atoms with Gasteiger partial charge in [0.2, 0.25) is 0 Å². The van der Waals surface area contributed by atoms with Crippen molar-refractivity contribution in [2.45, 2.75) is 26.4 Å². The third kappa shape index (κ3) is 3.81. The van der Waals surface area contributed by atoms with Crippen molar-refractivity contribution in [3.8, 4) is 5.75 Å². The van der Waals surface area contributed by atoms with Crippen LogP contribution in [-0.4, -0.2) is 5.11 Å². The number of hydrogen-bond donors (Lipinski definition) is 2. The Bertz CT molecular complexity index is 534. The van der Waals surface area contributed by atoms with Crippen LogP contribution in [0.5, 0.6) is 5.75 Å². The monoisotopic (exact) mass is 273 g/mol. The summed E-state index contributed by atoms with van der Waals surface area (Å²) in [5.41, 5.74) is 2.19. The van der Waals surface area contributed by atoms with Crippen molar-refractivity contribution in [3.05, 3.63) is 65.5 Å². The maximum atomic E-state index is 13.0. The maximum absolute atomic E-state index is 13.0. The highest BCUT2D eigenvalue weighted by molar-refractivity contribution is 5.26. The third-order valence-corrected chi connectivity index (χ3v) is 3.36. The van der Waals surface area contributed by atoms with E-state index in [1.54, 1.807) is 12.1 Å². The standard InChI is InChI=1S/C17H20FNO/c1-12(2)17(14-5-7-15(18)8-6-14)19-11-13-3-9-16(20)10-4-13/h3-10,12,17,19-20H,11H2,1-2H3. The first-order chi connectivity index (χ1) is 9.56. The highest BCUT2D eigenvalue weighted by Gasteiger charge is 2.15. The van der Waals surface area contributed by atoms with Crippen molar-refractivity contribution in [2.75, 3.05) is 0 Å². The number of phenols is 1. The van der Waals surface area contributed by atoms with E-state index >= 15 is 0 Å². The van der Waals surface area contributed by atoms with E-state index in [1.165, 1.54) is 12.1 Å². The van der Waals surface area contributed by atoms with Gasteiger partial charge in [-0.2, -0.15) is 0 Å². The van der Waals surface area contributed by atoms with Crippen molar-refractivity contribution >= 4 is 0 Å². The Kier molecular flexibility index (Phi) is 4.74. The maximum Gasteiger partial charge on any atom is 0.123 e. The van der Waals surface area contributed by atoms with Gasteiger partial charge in [-0.15, -0.1) is 0 Å². The van der Waals surface area contributed by atoms with Gasteiger partial charge in [0, 0.05) is 12.6 Å². The van der Waals surface area contributed by atoms with Crippen molar-refractivity contribution in [1.82, 2.24) is 5.32 Å². The molecule has 0 saturated heterocycles. The fourth-order valence-corrected chi connectivity index (χ4v) is 2.25. The van der Waals surface area contributed by atoms with E-state index in [4.69, 9.17) is 0 Å². The lowest BCUT2D eigenvalue weighted by Gasteiger charge is -2.23. The first-order valence-electron chi connectivity index (χ1n) is 6.83. The Morgan fingerprint density at radius 2 is 1.60 bits per heavy atom. The SMILES string of the molecule is CC(C)C(NCc1ccc(O)cc1)c1ccc(F)cc1. The summed E-state index contributed by atoms with van der Waals surface area (Å²) in [5, 5.41) is 12.8. The normalized spacial score (nSPS) is 12.6. The lowest BCUT2D eigenvalue weighted by atomic mass is 9.95. The molecule has 2 N–H and O–H groups in total. The summed E-state index contributed by atoms with van der Waals surface area (Å²) in [4.78, 5) is 0. The predicted molar refractivity (Wildman–Crippen MR) is 78.9 cm³/mol. The van der Waals surface area contributed by atoms with Crippen LogP contribution in [0, 0.1) is 11.7 Å².